The van der Waals surface area contributed by atoms with Gasteiger partial charge in [0.1, 0.15) is 0 Å². The summed E-state index contributed by atoms with van der Waals surface area (Å²) in [5, 5.41) is 2.18. The molecule has 1 aromatic heterocycles. The minimum absolute atomic E-state index is 0.780. The van der Waals surface area contributed by atoms with Crippen molar-refractivity contribution in [2.24, 2.45) is 5.92 Å². The Kier molecular flexibility index (Phi) is 4.00. The van der Waals surface area contributed by atoms with Crippen LogP contribution in [0.2, 0.25) is 0 Å². The van der Waals surface area contributed by atoms with Crippen molar-refractivity contribution in [2.75, 3.05) is 0 Å². The molecular formula is C15H20S. The maximum absolute atomic E-state index is 2.35. The Morgan fingerprint density at radius 2 is 2.31 bits per heavy atom. The molecule has 0 amide bonds. The molecule has 0 saturated carbocycles. The Morgan fingerprint density at radius 3 is 3.00 bits per heavy atom. The van der Waals surface area contributed by atoms with Gasteiger partial charge in [-0.1, -0.05) is 30.7 Å². The second-order valence-electron chi connectivity index (χ2n) is 4.51. The fraction of sp³-hybridized carbons (Fsp3) is 0.467. The number of rotatable bonds is 4. The molecule has 1 aromatic rings. The Bertz CT molecular complexity index is 382. The molecule has 0 aliphatic heterocycles. The number of aryl methyl sites for hydroxylation is 1. The molecule has 1 unspecified atom stereocenters. The molecule has 0 N–H and O–H groups in total. The Morgan fingerprint density at radius 1 is 1.44 bits per heavy atom. The number of thiophene rings is 1. The molecule has 1 heterocycles. The zero-order valence-corrected chi connectivity index (χ0v) is 11.0. The van der Waals surface area contributed by atoms with Crippen molar-refractivity contribution in [3.05, 3.63) is 45.7 Å². The van der Waals surface area contributed by atoms with Gasteiger partial charge in [0.25, 0.3) is 0 Å². The molecule has 16 heavy (non-hydrogen) atoms. The minimum atomic E-state index is 0.780. The van der Waals surface area contributed by atoms with Gasteiger partial charge in [0.05, 0.1) is 0 Å². The Labute approximate surface area is 103 Å². The van der Waals surface area contributed by atoms with E-state index in [1.807, 2.05) is 11.3 Å². The van der Waals surface area contributed by atoms with Crippen LogP contribution in [0.3, 0.4) is 0 Å². The molecule has 0 nitrogen and oxygen atoms in total. The van der Waals surface area contributed by atoms with Crippen LogP contribution in [0.1, 0.15) is 38.0 Å². The minimum Gasteiger partial charge on any atom is -0.149 e. The van der Waals surface area contributed by atoms with Crippen LogP contribution in [0.15, 0.2) is 40.8 Å². The van der Waals surface area contributed by atoms with E-state index in [0.29, 0.717) is 0 Å². The molecule has 0 radical (unpaired) electrons. The first-order chi connectivity index (χ1) is 7.81. The average molecular weight is 232 g/mol. The third-order valence-corrected chi connectivity index (χ3v) is 4.49. The summed E-state index contributed by atoms with van der Waals surface area (Å²) in [5.41, 5.74) is 3.18. The third kappa shape index (κ3) is 2.65. The number of hydrogen-bond donors (Lipinski definition) is 0. The summed E-state index contributed by atoms with van der Waals surface area (Å²) in [7, 11) is 0. The maximum Gasteiger partial charge on any atom is 0.00454 e. The van der Waals surface area contributed by atoms with Crippen molar-refractivity contribution in [3.63, 3.8) is 0 Å². The monoisotopic (exact) mass is 232 g/mol. The van der Waals surface area contributed by atoms with E-state index in [0.717, 1.165) is 5.92 Å². The van der Waals surface area contributed by atoms with E-state index in [1.54, 1.807) is 11.1 Å². The van der Waals surface area contributed by atoms with Crippen LogP contribution < -0.4 is 0 Å². The molecule has 1 atom stereocenters. The summed E-state index contributed by atoms with van der Waals surface area (Å²) in [6.45, 7) is 4.58. The molecular weight excluding hydrogens is 212 g/mol. The highest BCUT2D eigenvalue weighted by Gasteiger charge is 2.15. The predicted molar refractivity (Wildman–Crippen MR) is 72.9 cm³/mol. The third-order valence-electron chi connectivity index (χ3n) is 3.56. The number of allylic oxidation sites excluding steroid dienone is 4. The SMILES string of the molecule is CCC1=C(C)C(CCc2cccs2)CC=C1. The molecule has 1 aliphatic carbocycles. The first-order valence-corrected chi connectivity index (χ1v) is 7.07. The van der Waals surface area contributed by atoms with E-state index in [-0.39, 0.29) is 0 Å². The second-order valence-corrected chi connectivity index (χ2v) is 5.55. The zero-order valence-electron chi connectivity index (χ0n) is 10.2. The normalized spacial score (nSPS) is 20.5. The standard InChI is InChI=1S/C15H20S/c1-3-13-6-4-7-14(12(13)2)9-10-15-8-5-11-16-15/h4-6,8,11,14H,3,7,9-10H2,1-2H3. The van der Waals surface area contributed by atoms with Gasteiger partial charge in [0.15, 0.2) is 0 Å². The molecule has 1 aliphatic rings. The summed E-state index contributed by atoms with van der Waals surface area (Å²) in [6.07, 6.45) is 9.63. The lowest BCUT2D eigenvalue weighted by molar-refractivity contribution is 0.557. The molecule has 0 bridgehead atoms. The molecule has 2 rings (SSSR count). The van der Waals surface area contributed by atoms with E-state index in [4.69, 9.17) is 0 Å². The molecule has 0 spiro atoms. The first-order valence-electron chi connectivity index (χ1n) is 6.19. The van der Waals surface area contributed by atoms with Crippen LogP contribution in [0, 0.1) is 5.92 Å². The van der Waals surface area contributed by atoms with Gasteiger partial charge in [-0.3, -0.25) is 0 Å². The molecule has 86 valence electrons. The highest BCUT2D eigenvalue weighted by Crippen LogP contribution is 2.30. The number of hydrogen-bond acceptors (Lipinski definition) is 1. The van der Waals surface area contributed by atoms with Crippen LogP contribution in [-0.2, 0) is 6.42 Å². The van der Waals surface area contributed by atoms with Gasteiger partial charge in [0.2, 0.25) is 0 Å². The Balaban J connectivity index is 1.96. The smallest absolute Gasteiger partial charge is 0.00454 e. The first kappa shape index (κ1) is 11.7. The van der Waals surface area contributed by atoms with Gasteiger partial charge in [-0.25, -0.2) is 0 Å². The largest absolute Gasteiger partial charge is 0.149 e. The van der Waals surface area contributed by atoms with Crippen LogP contribution >= 0.6 is 11.3 Å². The van der Waals surface area contributed by atoms with Gasteiger partial charge < -0.3 is 0 Å². The topological polar surface area (TPSA) is 0 Å². The lowest BCUT2D eigenvalue weighted by Crippen LogP contribution is -2.08. The maximum atomic E-state index is 2.35. The Hall–Kier alpha value is -0.820. The summed E-state index contributed by atoms with van der Waals surface area (Å²) in [6, 6.07) is 4.41. The van der Waals surface area contributed by atoms with Crippen LogP contribution in [0.25, 0.3) is 0 Å². The summed E-state index contributed by atoms with van der Waals surface area (Å²) >= 11 is 1.89. The van der Waals surface area contributed by atoms with Gasteiger partial charge >= 0.3 is 0 Å². The summed E-state index contributed by atoms with van der Waals surface area (Å²) in [5.74, 6) is 0.780. The van der Waals surface area contributed by atoms with Crippen molar-refractivity contribution < 1.29 is 0 Å². The van der Waals surface area contributed by atoms with Crippen molar-refractivity contribution in [2.45, 2.75) is 39.5 Å². The van der Waals surface area contributed by atoms with Crippen molar-refractivity contribution >= 4 is 11.3 Å². The van der Waals surface area contributed by atoms with Gasteiger partial charge in [0, 0.05) is 4.88 Å². The van der Waals surface area contributed by atoms with Crippen LogP contribution in [0.4, 0.5) is 0 Å². The quantitative estimate of drug-likeness (QED) is 0.686. The van der Waals surface area contributed by atoms with Crippen molar-refractivity contribution in [1.29, 1.82) is 0 Å². The van der Waals surface area contributed by atoms with Gasteiger partial charge in [-0.2, -0.15) is 0 Å². The van der Waals surface area contributed by atoms with E-state index in [2.05, 4.69) is 43.5 Å². The fourth-order valence-electron chi connectivity index (χ4n) is 2.45. The lowest BCUT2D eigenvalue weighted by atomic mass is 9.84. The van der Waals surface area contributed by atoms with Crippen molar-refractivity contribution in [3.8, 4) is 0 Å². The molecule has 0 fully saturated rings. The van der Waals surface area contributed by atoms with Gasteiger partial charge in [-0.05, 0) is 55.5 Å². The summed E-state index contributed by atoms with van der Waals surface area (Å²) < 4.78 is 0. The zero-order chi connectivity index (χ0) is 11.4. The van der Waals surface area contributed by atoms with E-state index in [1.165, 1.54) is 30.6 Å². The van der Waals surface area contributed by atoms with Gasteiger partial charge in [-0.15, -0.1) is 11.3 Å². The highest BCUT2D eigenvalue weighted by molar-refractivity contribution is 7.09. The van der Waals surface area contributed by atoms with E-state index >= 15 is 0 Å². The lowest BCUT2D eigenvalue weighted by Gasteiger charge is -2.22. The fourth-order valence-corrected chi connectivity index (χ4v) is 3.17. The van der Waals surface area contributed by atoms with Crippen molar-refractivity contribution in [1.82, 2.24) is 0 Å². The predicted octanol–water partition coefficient (Wildman–Crippen LogP) is 4.98. The average Bonchev–Trinajstić information content (AvgIpc) is 2.81. The second kappa shape index (κ2) is 5.49. The van der Waals surface area contributed by atoms with Crippen LogP contribution in [-0.4, -0.2) is 0 Å². The highest BCUT2D eigenvalue weighted by atomic mass is 32.1. The molecule has 0 saturated heterocycles. The molecule has 1 heteroatoms. The summed E-state index contributed by atoms with van der Waals surface area (Å²) in [4.78, 5) is 1.53. The van der Waals surface area contributed by atoms with E-state index < -0.39 is 0 Å². The molecule has 0 aromatic carbocycles. The van der Waals surface area contributed by atoms with E-state index in [9.17, 15) is 0 Å². The van der Waals surface area contributed by atoms with Crippen LogP contribution in [0.5, 0.6) is 0 Å².